The molecule has 1 unspecified atom stereocenters. The lowest BCUT2D eigenvalue weighted by atomic mass is 9.95. The molecule has 3 aromatic carbocycles. The molecule has 2 N–H and O–H groups in total. The third kappa shape index (κ3) is 2.97. The number of benzene rings is 3. The van der Waals surface area contributed by atoms with Crippen LogP contribution >= 0.6 is 0 Å². The number of carbonyl (C=O) groups is 1. The molecule has 0 saturated heterocycles. The Morgan fingerprint density at radius 1 is 1.00 bits per heavy atom. The molecule has 4 heteroatoms. The predicted octanol–water partition coefficient (Wildman–Crippen LogP) is 3.99. The van der Waals surface area contributed by atoms with Gasteiger partial charge in [0.1, 0.15) is 5.75 Å². The molecule has 0 aromatic heterocycles. The summed E-state index contributed by atoms with van der Waals surface area (Å²) in [5.41, 5.74) is 1.49. The Balaban J connectivity index is 2.13. The minimum absolute atomic E-state index is 0.161. The topological polar surface area (TPSA) is 58.6 Å². The van der Waals surface area contributed by atoms with Crippen LogP contribution in [-0.2, 0) is 4.74 Å². The van der Waals surface area contributed by atoms with Crippen molar-refractivity contribution in [1.29, 1.82) is 0 Å². The summed E-state index contributed by atoms with van der Waals surface area (Å²) in [6, 6.07) is 20.3. The van der Waals surface area contributed by atoms with E-state index in [1.807, 2.05) is 66.7 Å². The average Bonchev–Trinajstić information content (AvgIpc) is 2.61. The Hall–Kier alpha value is -3.01. The van der Waals surface area contributed by atoms with Gasteiger partial charge in [0.05, 0.1) is 13.2 Å². The molecule has 0 fully saturated rings. The quantitative estimate of drug-likeness (QED) is 0.769. The van der Waals surface area contributed by atoms with E-state index in [4.69, 9.17) is 4.74 Å². The van der Waals surface area contributed by atoms with Gasteiger partial charge in [-0.3, -0.25) is 0 Å². The first-order chi connectivity index (χ1) is 11.2. The number of rotatable bonds is 3. The van der Waals surface area contributed by atoms with Crippen molar-refractivity contribution in [3.63, 3.8) is 0 Å². The van der Waals surface area contributed by atoms with E-state index in [9.17, 15) is 9.90 Å². The number of phenols is 1. The number of fused-ring (bicyclic) bond motifs is 1. The highest BCUT2D eigenvalue weighted by Crippen LogP contribution is 2.35. The van der Waals surface area contributed by atoms with Crippen molar-refractivity contribution in [1.82, 2.24) is 5.32 Å². The van der Waals surface area contributed by atoms with Gasteiger partial charge in [-0.15, -0.1) is 0 Å². The third-order valence-corrected chi connectivity index (χ3v) is 3.82. The highest BCUT2D eigenvalue weighted by molar-refractivity contribution is 5.89. The Kier molecular flexibility index (Phi) is 4.15. The van der Waals surface area contributed by atoms with E-state index in [1.165, 1.54) is 7.11 Å². The minimum atomic E-state index is -0.550. The van der Waals surface area contributed by atoms with Crippen molar-refractivity contribution in [2.75, 3.05) is 7.11 Å². The zero-order valence-electron chi connectivity index (χ0n) is 12.7. The van der Waals surface area contributed by atoms with Crippen LogP contribution in [0.2, 0.25) is 0 Å². The molecule has 0 radical (unpaired) electrons. The molecular formula is C19H17NO3. The predicted molar refractivity (Wildman–Crippen MR) is 89.4 cm³/mol. The van der Waals surface area contributed by atoms with Gasteiger partial charge in [-0.2, -0.15) is 0 Å². The highest BCUT2D eigenvalue weighted by atomic mass is 16.5. The van der Waals surface area contributed by atoms with Crippen LogP contribution in [0.15, 0.2) is 66.7 Å². The first-order valence-corrected chi connectivity index (χ1v) is 7.30. The van der Waals surface area contributed by atoms with Gasteiger partial charge in [-0.1, -0.05) is 66.7 Å². The summed E-state index contributed by atoms with van der Waals surface area (Å²) in [7, 11) is 1.32. The van der Waals surface area contributed by atoms with Crippen LogP contribution in [0, 0.1) is 0 Å². The van der Waals surface area contributed by atoms with Crippen molar-refractivity contribution >= 4 is 16.9 Å². The van der Waals surface area contributed by atoms with E-state index >= 15 is 0 Å². The Morgan fingerprint density at radius 2 is 1.70 bits per heavy atom. The van der Waals surface area contributed by atoms with Crippen LogP contribution in [0.3, 0.4) is 0 Å². The molecule has 1 amide bonds. The Labute approximate surface area is 134 Å². The van der Waals surface area contributed by atoms with E-state index in [-0.39, 0.29) is 5.75 Å². The molecule has 0 bridgehead atoms. The van der Waals surface area contributed by atoms with Crippen LogP contribution in [0.5, 0.6) is 5.75 Å². The zero-order chi connectivity index (χ0) is 16.2. The largest absolute Gasteiger partial charge is 0.507 e. The van der Waals surface area contributed by atoms with Crippen LogP contribution in [-0.4, -0.2) is 18.3 Å². The van der Waals surface area contributed by atoms with E-state index in [0.717, 1.165) is 16.3 Å². The number of ether oxygens (including phenoxy) is 1. The van der Waals surface area contributed by atoms with Crippen LogP contribution in [0.25, 0.3) is 10.8 Å². The number of aromatic hydroxyl groups is 1. The van der Waals surface area contributed by atoms with Gasteiger partial charge in [0.15, 0.2) is 0 Å². The molecule has 0 saturated carbocycles. The van der Waals surface area contributed by atoms with Crippen LogP contribution < -0.4 is 5.32 Å². The van der Waals surface area contributed by atoms with Crippen LogP contribution in [0.4, 0.5) is 4.79 Å². The molecule has 0 spiro atoms. The maximum atomic E-state index is 11.7. The fourth-order valence-corrected chi connectivity index (χ4v) is 2.67. The second-order valence-corrected chi connectivity index (χ2v) is 5.20. The summed E-state index contributed by atoms with van der Waals surface area (Å²) in [6.07, 6.45) is -0.550. The fourth-order valence-electron chi connectivity index (χ4n) is 2.67. The zero-order valence-corrected chi connectivity index (χ0v) is 12.7. The fraction of sp³-hybridized carbons (Fsp3) is 0.105. The summed E-state index contributed by atoms with van der Waals surface area (Å²) in [4.78, 5) is 11.7. The Bertz CT molecular complexity index is 830. The molecule has 4 nitrogen and oxygen atoms in total. The molecule has 0 aliphatic rings. The highest BCUT2D eigenvalue weighted by Gasteiger charge is 2.21. The van der Waals surface area contributed by atoms with Crippen LogP contribution in [0.1, 0.15) is 17.2 Å². The lowest BCUT2D eigenvalue weighted by Crippen LogP contribution is -2.29. The number of methoxy groups -OCH3 is 1. The number of carbonyl (C=O) groups excluding carboxylic acids is 1. The van der Waals surface area contributed by atoms with E-state index in [0.29, 0.717) is 5.56 Å². The van der Waals surface area contributed by atoms with Crippen molar-refractivity contribution in [3.05, 3.63) is 77.9 Å². The molecule has 23 heavy (non-hydrogen) atoms. The minimum Gasteiger partial charge on any atom is -0.507 e. The van der Waals surface area contributed by atoms with Gasteiger partial charge < -0.3 is 15.2 Å². The monoisotopic (exact) mass is 307 g/mol. The van der Waals surface area contributed by atoms with Crippen molar-refractivity contribution < 1.29 is 14.6 Å². The first-order valence-electron chi connectivity index (χ1n) is 7.30. The normalized spacial score (nSPS) is 11.9. The summed E-state index contributed by atoms with van der Waals surface area (Å²) in [5.74, 6) is 0.161. The molecule has 116 valence electrons. The van der Waals surface area contributed by atoms with Crippen molar-refractivity contribution in [2.24, 2.45) is 0 Å². The molecular weight excluding hydrogens is 290 g/mol. The van der Waals surface area contributed by atoms with Gasteiger partial charge in [-0.05, 0) is 10.9 Å². The van der Waals surface area contributed by atoms with Crippen molar-refractivity contribution in [3.8, 4) is 5.75 Å². The third-order valence-electron chi connectivity index (χ3n) is 3.82. The first kappa shape index (κ1) is 14.9. The summed E-state index contributed by atoms with van der Waals surface area (Å²) >= 11 is 0. The van der Waals surface area contributed by atoms with E-state index in [1.54, 1.807) is 0 Å². The Morgan fingerprint density at radius 3 is 2.43 bits per heavy atom. The van der Waals surface area contributed by atoms with Gasteiger partial charge in [-0.25, -0.2) is 4.79 Å². The maximum absolute atomic E-state index is 11.7. The molecule has 0 aliphatic carbocycles. The molecule has 1 atom stereocenters. The van der Waals surface area contributed by atoms with Gasteiger partial charge in [0.25, 0.3) is 0 Å². The maximum Gasteiger partial charge on any atom is 0.407 e. The summed E-state index contributed by atoms with van der Waals surface area (Å²) in [5, 5.41) is 15.1. The second kappa shape index (κ2) is 6.40. The average molecular weight is 307 g/mol. The lowest BCUT2D eigenvalue weighted by Gasteiger charge is -2.21. The van der Waals surface area contributed by atoms with Gasteiger partial charge in [0, 0.05) is 10.9 Å². The number of hydrogen-bond acceptors (Lipinski definition) is 3. The summed E-state index contributed by atoms with van der Waals surface area (Å²) < 4.78 is 4.72. The number of phenolic OH excluding ortho intramolecular Hbond substituents is 1. The number of hydrogen-bond donors (Lipinski definition) is 2. The smallest absolute Gasteiger partial charge is 0.407 e. The second-order valence-electron chi connectivity index (χ2n) is 5.20. The number of amides is 1. The lowest BCUT2D eigenvalue weighted by molar-refractivity contribution is 0.168. The molecule has 3 rings (SSSR count). The molecule has 0 heterocycles. The number of alkyl carbamates (subject to hydrolysis) is 1. The molecule has 0 aliphatic heterocycles. The van der Waals surface area contributed by atoms with E-state index in [2.05, 4.69) is 5.32 Å². The van der Waals surface area contributed by atoms with Gasteiger partial charge >= 0.3 is 6.09 Å². The summed E-state index contributed by atoms with van der Waals surface area (Å²) in [6.45, 7) is 0. The van der Waals surface area contributed by atoms with Gasteiger partial charge in [0.2, 0.25) is 0 Å². The van der Waals surface area contributed by atoms with Crippen molar-refractivity contribution in [2.45, 2.75) is 6.04 Å². The molecule has 3 aromatic rings. The standard InChI is InChI=1S/C19H17NO3/c1-23-19(22)20-17(14-8-3-2-4-9-14)16-12-11-13-7-5-6-10-15(13)18(16)21/h2-12,17,21H,1H3,(H,20,22). The van der Waals surface area contributed by atoms with E-state index < -0.39 is 12.1 Å². The number of nitrogens with one attached hydrogen (secondary N) is 1. The SMILES string of the molecule is COC(=O)NC(c1ccccc1)c1ccc2ccccc2c1O.